The van der Waals surface area contributed by atoms with E-state index in [1.165, 1.54) is 4.52 Å². The third-order valence-electron chi connectivity index (χ3n) is 4.22. The molecular formula is C14H17N5O3. The van der Waals surface area contributed by atoms with Crippen LogP contribution in [0.1, 0.15) is 11.4 Å². The molecule has 2 aliphatic rings. The van der Waals surface area contributed by atoms with Gasteiger partial charge in [-0.05, 0) is 6.92 Å². The Morgan fingerprint density at radius 3 is 3.09 bits per heavy atom. The van der Waals surface area contributed by atoms with Crippen molar-refractivity contribution in [1.29, 1.82) is 0 Å². The Morgan fingerprint density at radius 1 is 1.36 bits per heavy atom. The number of hydrogen-bond acceptors (Lipinski definition) is 5. The number of nitrogens with one attached hydrogen (secondary N) is 1. The van der Waals surface area contributed by atoms with E-state index in [1.54, 1.807) is 11.0 Å². The number of carbonyl (C=O) groups excluding carboxylic acids is 1. The fourth-order valence-corrected chi connectivity index (χ4v) is 3.17. The number of aryl methyl sites for hydroxylation is 1. The molecular weight excluding hydrogens is 286 g/mol. The number of nitrogens with zero attached hydrogens (tertiary/aromatic N) is 4. The van der Waals surface area contributed by atoms with Gasteiger partial charge in [0.05, 0.1) is 11.7 Å². The van der Waals surface area contributed by atoms with Crippen molar-refractivity contribution < 1.29 is 9.53 Å². The Morgan fingerprint density at radius 2 is 2.23 bits per heavy atom. The number of hydrogen-bond donors (Lipinski definition) is 1. The molecule has 1 N–H and O–H groups in total. The summed E-state index contributed by atoms with van der Waals surface area (Å²) in [7, 11) is 0. The van der Waals surface area contributed by atoms with E-state index < -0.39 is 0 Å². The number of aromatic amines is 1. The predicted octanol–water partition coefficient (Wildman–Crippen LogP) is -0.0326. The third kappa shape index (κ3) is 2.16. The number of H-pyrrole nitrogens is 1. The zero-order chi connectivity index (χ0) is 15.3. The van der Waals surface area contributed by atoms with E-state index in [0.29, 0.717) is 25.3 Å². The highest BCUT2D eigenvalue weighted by Gasteiger charge is 2.37. The molecule has 1 amide bonds. The molecule has 2 saturated heterocycles. The van der Waals surface area contributed by atoms with Gasteiger partial charge < -0.3 is 4.74 Å². The van der Waals surface area contributed by atoms with Crippen molar-refractivity contribution in [3.05, 3.63) is 33.9 Å². The quantitative estimate of drug-likeness (QED) is 0.842. The predicted molar refractivity (Wildman–Crippen MR) is 77.7 cm³/mol. The minimum Gasteiger partial charge on any atom is -0.447 e. The summed E-state index contributed by atoms with van der Waals surface area (Å²) in [6.07, 6.45) is -0.217. The maximum absolute atomic E-state index is 12.1. The lowest BCUT2D eigenvalue weighted by Gasteiger charge is -2.35. The molecule has 0 saturated carbocycles. The maximum Gasteiger partial charge on any atom is 0.410 e. The molecule has 8 nitrogen and oxygen atoms in total. The van der Waals surface area contributed by atoms with E-state index in [0.717, 1.165) is 24.5 Å². The molecule has 4 heterocycles. The minimum absolute atomic E-state index is 0.105. The van der Waals surface area contributed by atoms with Crippen molar-refractivity contribution in [3.8, 4) is 0 Å². The molecule has 4 rings (SSSR count). The smallest absolute Gasteiger partial charge is 0.410 e. The molecule has 0 aliphatic carbocycles. The van der Waals surface area contributed by atoms with Gasteiger partial charge in [0.1, 0.15) is 6.61 Å². The van der Waals surface area contributed by atoms with E-state index in [-0.39, 0.29) is 17.7 Å². The van der Waals surface area contributed by atoms with Gasteiger partial charge in [-0.2, -0.15) is 0 Å². The number of carbonyl (C=O) groups is 1. The topological polar surface area (TPSA) is 82.9 Å². The van der Waals surface area contributed by atoms with Gasteiger partial charge in [0.25, 0.3) is 5.56 Å². The molecule has 2 fully saturated rings. The zero-order valence-corrected chi connectivity index (χ0v) is 12.3. The fourth-order valence-electron chi connectivity index (χ4n) is 3.17. The number of cyclic esters (lactones) is 1. The summed E-state index contributed by atoms with van der Waals surface area (Å²) in [5, 5.41) is 2.96. The van der Waals surface area contributed by atoms with Crippen molar-refractivity contribution in [2.75, 3.05) is 26.2 Å². The molecule has 0 radical (unpaired) electrons. The lowest BCUT2D eigenvalue weighted by Crippen LogP contribution is -2.51. The molecule has 2 aromatic rings. The van der Waals surface area contributed by atoms with Crippen molar-refractivity contribution in [2.45, 2.75) is 19.5 Å². The second kappa shape index (κ2) is 4.84. The number of ether oxygens (including phenoxy) is 1. The Kier molecular flexibility index (Phi) is 2.93. The average molecular weight is 303 g/mol. The number of amides is 1. The molecule has 0 spiro atoms. The maximum atomic E-state index is 12.1. The molecule has 0 bridgehead atoms. The van der Waals surface area contributed by atoms with Gasteiger partial charge in [0, 0.05) is 44.0 Å². The van der Waals surface area contributed by atoms with Gasteiger partial charge in [-0.3, -0.25) is 19.7 Å². The summed E-state index contributed by atoms with van der Waals surface area (Å²) in [4.78, 5) is 32.1. The highest BCUT2D eigenvalue weighted by molar-refractivity contribution is 5.70. The summed E-state index contributed by atoms with van der Waals surface area (Å²) in [5.41, 5.74) is 2.18. The first-order valence-electron chi connectivity index (χ1n) is 7.34. The van der Waals surface area contributed by atoms with Crippen LogP contribution in [-0.4, -0.2) is 62.8 Å². The molecule has 1 unspecified atom stereocenters. The van der Waals surface area contributed by atoms with E-state index in [1.807, 2.05) is 13.0 Å². The summed E-state index contributed by atoms with van der Waals surface area (Å²) >= 11 is 0. The lowest BCUT2D eigenvalue weighted by molar-refractivity contribution is 0.114. The van der Waals surface area contributed by atoms with E-state index in [4.69, 9.17) is 4.74 Å². The normalized spacial score (nSPS) is 22.1. The van der Waals surface area contributed by atoms with Crippen LogP contribution in [0.3, 0.4) is 0 Å². The number of aromatic nitrogens is 3. The Hall–Kier alpha value is -2.35. The van der Waals surface area contributed by atoms with Crippen LogP contribution in [0.2, 0.25) is 0 Å². The van der Waals surface area contributed by atoms with Gasteiger partial charge in [-0.1, -0.05) is 0 Å². The molecule has 2 aromatic heterocycles. The van der Waals surface area contributed by atoms with Gasteiger partial charge in [-0.25, -0.2) is 14.3 Å². The highest BCUT2D eigenvalue weighted by Crippen LogP contribution is 2.18. The molecule has 22 heavy (non-hydrogen) atoms. The van der Waals surface area contributed by atoms with Gasteiger partial charge in [0.2, 0.25) is 0 Å². The molecule has 1 atom stereocenters. The second-order valence-corrected chi connectivity index (χ2v) is 5.88. The Bertz CT molecular complexity index is 795. The fraction of sp³-hybridized carbons (Fsp3) is 0.500. The van der Waals surface area contributed by atoms with Gasteiger partial charge >= 0.3 is 6.09 Å². The Balaban J connectivity index is 1.54. The largest absolute Gasteiger partial charge is 0.447 e. The first-order chi connectivity index (χ1) is 10.6. The first-order valence-corrected chi connectivity index (χ1v) is 7.34. The minimum atomic E-state index is -0.217. The SMILES string of the molecule is Cc1cc2nc(CN3CCN4C(=O)OCC4C3)cc(=O)n2[nH]1. The van der Waals surface area contributed by atoms with E-state index in [9.17, 15) is 9.59 Å². The van der Waals surface area contributed by atoms with Gasteiger partial charge in [0.15, 0.2) is 5.65 Å². The van der Waals surface area contributed by atoms with Crippen molar-refractivity contribution in [1.82, 2.24) is 24.4 Å². The second-order valence-electron chi connectivity index (χ2n) is 5.88. The van der Waals surface area contributed by atoms with Crippen LogP contribution < -0.4 is 5.56 Å². The first kappa shape index (κ1) is 13.3. The van der Waals surface area contributed by atoms with Crippen LogP contribution in [0.4, 0.5) is 4.79 Å². The van der Waals surface area contributed by atoms with Crippen LogP contribution in [0.15, 0.2) is 16.9 Å². The van der Waals surface area contributed by atoms with Crippen LogP contribution in [0.25, 0.3) is 5.65 Å². The summed E-state index contributed by atoms with van der Waals surface area (Å²) in [5.74, 6) is 0. The number of rotatable bonds is 2. The molecule has 2 aliphatic heterocycles. The summed E-state index contributed by atoms with van der Waals surface area (Å²) in [6, 6.07) is 3.53. The van der Waals surface area contributed by atoms with Crippen molar-refractivity contribution >= 4 is 11.7 Å². The van der Waals surface area contributed by atoms with Crippen molar-refractivity contribution in [3.63, 3.8) is 0 Å². The standard InChI is InChI=1S/C14H17N5O3/c1-9-4-12-15-10(5-13(20)19(12)16-9)6-17-2-3-18-11(7-17)8-22-14(18)21/h4-5,11,16H,2-3,6-8H2,1H3. The molecule has 116 valence electrons. The highest BCUT2D eigenvalue weighted by atomic mass is 16.6. The number of fused-ring (bicyclic) bond motifs is 2. The van der Waals surface area contributed by atoms with E-state index in [2.05, 4.69) is 15.0 Å². The van der Waals surface area contributed by atoms with Crippen LogP contribution >= 0.6 is 0 Å². The van der Waals surface area contributed by atoms with E-state index >= 15 is 0 Å². The van der Waals surface area contributed by atoms with Crippen LogP contribution in [0.5, 0.6) is 0 Å². The number of piperazine rings is 1. The third-order valence-corrected chi connectivity index (χ3v) is 4.22. The van der Waals surface area contributed by atoms with Crippen molar-refractivity contribution in [2.24, 2.45) is 0 Å². The summed E-state index contributed by atoms with van der Waals surface area (Å²) in [6.45, 7) is 5.12. The average Bonchev–Trinajstić information content (AvgIpc) is 3.02. The zero-order valence-electron chi connectivity index (χ0n) is 12.3. The monoisotopic (exact) mass is 303 g/mol. The van der Waals surface area contributed by atoms with Crippen LogP contribution in [-0.2, 0) is 11.3 Å². The summed E-state index contributed by atoms with van der Waals surface area (Å²) < 4.78 is 6.51. The lowest BCUT2D eigenvalue weighted by atomic mass is 10.2. The van der Waals surface area contributed by atoms with Gasteiger partial charge in [-0.15, -0.1) is 0 Å². The van der Waals surface area contributed by atoms with Crippen LogP contribution in [0, 0.1) is 6.92 Å². The Labute approximate surface area is 126 Å². The molecule has 0 aromatic carbocycles. The molecule has 8 heteroatoms.